The zero-order chi connectivity index (χ0) is 22.0. The quantitative estimate of drug-likeness (QED) is 0.399. The first kappa shape index (κ1) is 20.3. The van der Waals surface area contributed by atoms with Gasteiger partial charge in [-0.2, -0.15) is 10.1 Å². The zero-order valence-corrected chi connectivity index (χ0v) is 17.3. The molecule has 158 valence electrons. The lowest BCUT2D eigenvalue weighted by molar-refractivity contribution is -0.111. The number of aliphatic hydroxyl groups is 1. The van der Waals surface area contributed by atoms with Gasteiger partial charge in [-0.3, -0.25) is 9.48 Å². The van der Waals surface area contributed by atoms with Crippen LogP contribution in [0.15, 0.2) is 55.5 Å². The van der Waals surface area contributed by atoms with E-state index >= 15 is 0 Å². The van der Waals surface area contributed by atoms with Gasteiger partial charge in [0.05, 0.1) is 18.7 Å². The van der Waals surface area contributed by atoms with E-state index in [1.54, 1.807) is 23.1 Å². The third kappa shape index (κ3) is 4.17. The van der Waals surface area contributed by atoms with Crippen LogP contribution >= 0.6 is 0 Å². The number of aryl methyl sites for hydroxylation is 2. The Morgan fingerprint density at radius 3 is 2.87 bits per heavy atom. The Morgan fingerprint density at radius 1 is 1.26 bits per heavy atom. The fourth-order valence-electron chi connectivity index (χ4n) is 3.35. The molecule has 0 radical (unpaired) electrons. The highest BCUT2D eigenvalue weighted by atomic mass is 16.3. The van der Waals surface area contributed by atoms with Crippen molar-refractivity contribution in [2.45, 2.75) is 20.4 Å². The molecule has 0 aliphatic heterocycles. The summed E-state index contributed by atoms with van der Waals surface area (Å²) in [6.07, 6.45) is 6.79. The summed E-state index contributed by atoms with van der Waals surface area (Å²) in [6, 6.07) is 7.54. The largest absolute Gasteiger partial charge is 0.394 e. The number of rotatable bonds is 7. The molecule has 0 aliphatic carbocycles. The van der Waals surface area contributed by atoms with Gasteiger partial charge in [0, 0.05) is 41.3 Å². The number of carbonyl (C=O) groups excluding carboxylic acids is 1. The van der Waals surface area contributed by atoms with Crippen LogP contribution in [0, 0.1) is 13.8 Å². The average Bonchev–Trinajstić information content (AvgIpc) is 3.33. The molecule has 4 aromatic rings. The van der Waals surface area contributed by atoms with Crippen LogP contribution in [0.5, 0.6) is 0 Å². The minimum atomic E-state index is -0.250. The van der Waals surface area contributed by atoms with Gasteiger partial charge in [0.25, 0.3) is 0 Å². The Bertz CT molecular complexity index is 1270. The Balaban J connectivity index is 1.69. The monoisotopic (exact) mass is 417 g/mol. The van der Waals surface area contributed by atoms with Gasteiger partial charge < -0.3 is 20.3 Å². The number of aliphatic hydroxyl groups excluding tert-OH is 1. The topological polar surface area (TPSA) is 110 Å². The highest BCUT2D eigenvalue weighted by Crippen LogP contribution is 2.28. The summed E-state index contributed by atoms with van der Waals surface area (Å²) < 4.78 is 3.65. The van der Waals surface area contributed by atoms with Crippen molar-refractivity contribution in [3.63, 3.8) is 0 Å². The maximum atomic E-state index is 11.6. The summed E-state index contributed by atoms with van der Waals surface area (Å²) in [6.45, 7) is 7.90. The number of benzene rings is 1. The normalized spacial score (nSPS) is 10.9. The molecule has 0 unspecified atom stereocenters. The van der Waals surface area contributed by atoms with E-state index in [9.17, 15) is 4.79 Å². The van der Waals surface area contributed by atoms with Gasteiger partial charge in [-0.25, -0.2) is 4.98 Å². The van der Waals surface area contributed by atoms with Crippen LogP contribution < -0.4 is 10.6 Å². The molecule has 0 fully saturated rings. The molecule has 3 aromatic heterocycles. The molecular weight excluding hydrogens is 394 g/mol. The number of aromatic nitrogens is 5. The molecule has 3 heterocycles. The molecule has 4 rings (SSSR count). The van der Waals surface area contributed by atoms with Crippen molar-refractivity contribution in [1.29, 1.82) is 0 Å². The van der Waals surface area contributed by atoms with E-state index in [1.807, 2.05) is 42.8 Å². The highest BCUT2D eigenvalue weighted by molar-refractivity contribution is 6.00. The first-order valence-corrected chi connectivity index (χ1v) is 9.79. The third-order valence-electron chi connectivity index (χ3n) is 4.84. The van der Waals surface area contributed by atoms with E-state index in [0.717, 1.165) is 27.8 Å². The fraction of sp³-hybridized carbons (Fsp3) is 0.182. The van der Waals surface area contributed by atoms with Gasteiger partial charge in [-0.15, -0.1) is 0 Å². The van der Waals surface area contributed by atoms with E-state index in [2.05, 4.69) is 27.3 Å². The predicted octanol–water partition coefficient (Wildman–Crippen LogP) is 3.09. The number of amides is 1. The number of carbonyl (C=O) groups is 1. The van der Waals surface area contributed by atoms with E-state index < -0.39 is 0 Å². The van der Waals surface area contributed by atoms with E-state index in [0.29, 0.717) is 24.0 Å². The third-order valence-corrected chi connectivity index (χ3v) is 4.84. The number of nitrogens with zero attached hydrogens (tertiary/aromatic N) is 5. The Labute approximate surface area is 179 Å². The minimum absolute atomic E-state index is 0.0192. The Kier molecular flexibility index (Phi) is 5.50. The summed E-state index contributed by atoms with van der Waals surface area (Å²) in [5.41, 5.74) is 3.64. The summed E-state index contributed by atoms with van der Waals surface area (Å²) in [5.74, 6) is 1.51. The molecule has 0 saturated heterocycles. The summed E-state index contributed by atoms with van der Waals surface area (Å²) in [4.78, 5) is 20.7. The molecule has 1 amide bonds. The maximum Gasteiger partial charge on any atom is 0.247 e. The van der Waals surface area contributed by atoms with Crippen molar-refractivity contribution < 1.29 is 9.90 Å². The van der Waals surface area contributed by atoms with Crippen molar-refractivity contribution in [3.8, 4) is 5.82 Å². The lowest BCUT2D eigenvalue weighted by atomic mass is 10.1. The molecule has 9 heteroatoms. The lowest BCUT2D eigenvalue weighted by Gasteiger charge is -2.10. The van der Waals surface area contributed by atoms with Gasteiger partial charge in [0.15, 0.2) is 5.82 Å². The highest BCUT2D eigenvalue weighted by Gasteiger charge is 2.13. The van der Waals surface area contributed by atoms with Crippen molar-refractivity contribution in [2.24, 2.45) is 0 Å². The minimum Gasteiger partial charge on any atom is -0.394 e. The van der Waals surface area contributed by atoms with Crippen LogP contribution in [0.1, 0.15) is 11.1 Å². The summed E-state index contributed by atoms with van der Waals surface area (Å²) in [7, 11) is 0. The van der Waals surface area contributed by atoms with Gasteiger partial charge in [0.2, 0.25) is 11.9 Å². The van der Waals surface area contributed by atoms with Gasteiger partial charge in [-0.05, 0) is 43.7 Å². The smallest absolute Gasteiger partial charge is 0.247 e. The van der Waals surface area contributed by atoms with Crippen molar-refractivity contribution >= 4 is 34.3 Å². The second-order valence-electron chi connectivity index (χ2n) is 7.12. The molecule has 0 saturated carbocycles. The van der Waals surface area contributed by atoms with Crippen molar-refractivity contribution in [1.82, 2.24) is 24.3 Å². The van der Waals surface area contributed by atoms with Gasteiger partial charge in [0.1, 0.15) is 5.82 Å². The molecular formula is C22H23N7O2. The van der Waals surface area contributed by atoms with Crippen LogP contribution in [-0.2, 0) is 11.3 Å². The second-order valence-corrected chi connectivity index (χ2v) is 7.12. The second kappa shape index (κ2) is 8.41. The number of hydrogen-bond donors (Lipinski definition) is 3. The maximum absolute atomic E-state index is 11.6. The fourth-order valence-corrected chi connectivity index (χ4v) is 3.35. The standard InChI is InChI=1S/C22H23N7O2/c1-4-20(31)24-16-5-6-18-17(11-16)15(3)13-29(18)21-14(2)12-23-22(26-21)25-19-7-8-28(27-19)9-10-30/h4-8,11-13,30H,1,9-10H2,2-3H3,(H,24,31)(H,23,25,26,27). The Hall–Kier alpha value is -3.98. The number of fused-ring (bicyclic) bond motifs is 1. The zero-order valence-electron chi connectivity index (χ0n) is 17.3. The number of hydrogen-bond acceptors (Lipinski definition) is 6. The van der Waals surface area contributed by atoms with Crippen LogP contribution in [-0.4, -0.2) is 41.9 Å². The lowest BCUT2D eigenvalue weighted by Crippen LogP contribution is -2.07. The van der Waals surface area contributed by atoms with E-state index in [4.69, 9.17) is 10.1 Å². The van der Waals surface area contributed by atoms with Crippen LogP contribution in [0.3, 0.4) is 0 Å². The average molecular weight is 417 g/mol. The van der Waals surface area contributed by atoms with Crippen LogP contribution in [0.25, 0.3) is 16.7 Å². The molecule has 0 bridgehead atoms. The number of anilines is 3. The van der Waals surface area contributed by atoms with Gasteiger partial charge >= 0.3 is 0 Å². The van der Waals surface area contributed by atoms with E-state index in [-0.39, 0.29) is 12.5 Å². The van der Waals surface area contributed by atoms with Crippen molar-refractivity contribution in [3.05, 3.63) is 66.6 Å². The van der Waals surface area contributed by atoms with Crippen molar-refractivity contribution in [2.75, 3.05) is 17.2 Å². The molecule has 0 aliphatic rings. The summed E-state index contributed by atoms with van der Waals surface area (Å²) in [5, 5.41) is 20.3. The first-order valence-electron chi connectivity index (χ1n) is 9.79. The first-order chi connectivity index (χ1) is 15.0. The van der Waals surface area contributed by atoms with Crippen LogP contribution in [0.4, 0.5) is 17.5 Å². The molecule has 0 atom stereocenters. The molecule has 3 N–H and O–H groups in total. The summed E-state index contributed by atoms with van der Waals surface area (Å²) >= 11 is 0. The van der Waals surface area contributed by atoms with E-state index in [1.165, 1.54) is 6.08 Å². The number of nitrogens with one attached hydrogen (secondary N) is 2. The Morgan fingerprint density at radius 2 is 2.10 bits per heavy atom. The predicted molar refractivity (Wildman–Crippen MR) is 120 cm³/mol. The molecule has 1 aromatic carbocycles. The molecule has 0 spiro atoms. The SMILES string of the molecule is C=CC(=O)Nc1ccc2c(c1)c(C)cn2-c1nc(Nc2ccn(CCO)n2)ncc1C. The molecule has 31 heavy (non-hydrogen) atoms. The molecule has 9 nitrogen and oxygen atoms in total. The van der Waals surface area contributed by atoms with Gasteiger partial charge in [-0.1, -0.05) is 6.58 Å². The van der Waals surface area contributed by atoms with Crippen LogP contribution in [0.2, 0.25) is 0 Å².